The van der Waals surface area contributed by atoms with Crippen molar-refractivity contribution in [3.8, 4) is 0 Å². The summed E-state index contributed by atoms with van der Waals surface area (Å²) in [6.07, 6.45) is -6.52. The van der Waals surface area contributed by atoms with Crippen LogP contribution in [0.15, 0.2) is 0 Å². The molecule has 2 aliphatic rings. The monoisotopic (exact) mass is 336 g/mol. The average molecular weight is 336 g/mol. The van der Waals surface area contributed by atoms with Crippen molar-refractivity contribution in [3.63, 3.8) is 0 Å². The maximum atomic E-state index is 10.2. The Morgan fingerprint density at radius 1 is 1.00 bits per heavy atom. The van der Waals surface area contributed by atoms with Gasteiger partial charge in [0.1, 0.15) is 30.5 Å². The highest BCUT2D eigenvalue weighted by molar-refractivity contribution is 4.99. The van der Waals surface area contributed by atoms with E-state index in [0.29, 0.717) is 0 Å². The lowest BCUT2D eigenvalue weighted by atomic mass is 9.84. The van der Waals surface area contributed by atoms with Crippen LogP contribution in [0.1, 0.15) is 6.42 Å². The molecule has 23 heavy (non-hydrogen) atoms. The second-order valence-corrected chi connectivity index (χ2v) is 6.19. The van der Waals surface area contributed by atoms with Crippen molar-refractivity contribution >= 4 is 0 Å². The maximum absolute atomic E-state index is 10.2. The van der Waals surface area contributed by atoms with Gasteiger partial charge in [-0.1, -0.05) is 0 Å². The molecule has 0 amide bonds. The molecule has 1 heterocycles. The van der Waals surface area contributed by atoms with Crippen LogP contribution in [0.4, 0.5) is 0 Å². The van der Waals surface area contributed by atoms with E-state index in [1.165, 1.54) is 7.11 Å². The molecule has 10 heteroatoms. The smallest absolute Gasteiger partial charge is 0.176 e. The lowest BCUT2D eigenvalue weighted by molar-refractivity contribution is -0.290. The molecule has 0 aromatic heterocycles. The standard InChI is InChI=1S/C13H28N4O6/c1-21-12-7(17)13(22-6(3-14)9(12)19)23-11-5(16)2-4(15)8(18)10(11)20/h4-13,18-20H,2-3,14-17H2,1H3. The summed E-state index contributed by atoms with van der Waals surface area (Å²) in [5, 5.41) is 30.2. The number of hydrogen-bond acceptors (Lipinski definition) is 10. The van der Waals surface area contributed by atoms with E-state index in [9.17, 15) is 15.3 Å². The molecule has 0 aromatic carbocycles. The van der Waals surface area contributed by atoms with Crippen LogP contribution in [-0.4, -0.2) is 90.0 Å². The quantitative estimate of drug-likeness (QED) is 0.263. The van der Waals surface area contributed by atoms with Crippen LogP contribution in [0.2, 0.25) is 0 Å². The van der Waals surface area contributed by atoms with Crippen molar-refractivity contribution in [1.82, 2.24) is 0 Å². The summed E-state index contributed by atoms with van der Waals surface area (Å²) >= 11 is 0. The van der Waals surface area contributed by atoms with Crippen molar-refractivity contribution in [2.24, 2.45) is 22.9 Å². The summed E-state index contributed by atoms with van der Waals surface area (Å²) in [4.78, 5) is 0. The highest BCUT2D eigenvalue weighted by atomic mass is 16.7. The van der Waals surface area contributed by atoms with Crippen molar-refractivity contribution < 1.29 is 29.5 Å². The molecule has 1 aliphatic carbocycles. The topological polar surface area (TPSA) is 192 Å². The molecular formula is C13H28N4O6. The van der Waals surface area contributed by atoms with Gasteiger partial charge in [-0.2, -0.15) is 0 Å². The number of rotatable bonds is 4. The molecule has 1 aliphatic heterocycles. The fraction of sp³-hybridized carbons (Fsp3) is 1.00. The lowest BCUT2D eigenvalue weighted by Gasteiger charge is -2.46. The number of nitrogens with two attached hydrogens (primary N) is 4. The number of ether oxygens (including phenoxy) is 3. The van der Waals surface area contributed by atoms with Crippen LogP contribution < -0.4 is 22.9 Å². The minimum absolute atomic E-state index is 0.0420. The molecule has 0 spiro atoms. The predicted octanol–water partition coefficient (Wildman–Crippen LogP) is -4.46. The predicted molar refractivity (Wildman–Crippen MR) is 79.9 cm³/mol. The Morgan fingerprint density at radius 3 is 2.22 bits per heavy atom. The van der Waals surface area contributed by atoms with Gasteiger partial charge in [-0.05, 0) is 6.42 Å². The number of aliphatic hydroxyl groups excluding tert-OH is 3. The second kappa shape index (κ2) is 7.66. The summed E-state index contributed by atoms with van der Waals surface area (Å²) in [5.41, 5.74) is 23.3. The first-order chi connectivity index (χ1) is 10.8. The minimum Gasteiger partial charge on any atom is -0.389 e. The Hall–Kier alpha value is -0.400. The molecule has 10 atom stereocenters. The van der Waals surface area contributed by atoms with Crippen molar-refractivity contribution in [2.75, 3.05) is 13.7 Å². The summed E-state index contributed by atoms with van der Waals surface area (Å²) in [7, 11) is 1.41. The SMILES string of the molecule is COC1C(N)C(OC2C(N)CC(N)C(O)C2O)OC(CN)C1O. The summed E-state index contributed by atoms with van der Waals surface area (Å²) in [5.74, 6) is 0. The van der Waals surface area contributed by atoms with Crippen LogP contribution in [0.25, 0.3) is 0 Å². The fourth-order valence-electron chi connectivity index (χ4n) is 3.18. The first-order valence-electron chi connectivity index (χ1n) is 7.66. The Morgan fingerprint density at radius 2 is 1.65 bits per heavy atom. The highest BCUT2D eigenvalue weighted by Gasteiger charge is 2.48. The van der Waals surface area contributed by atoms with Crippen molar-refractivity contribution in [2.45, 2.75) is 67.5 Å². The zero-order valence-electron chi connectivity index (χ0n) is 13.1. The van der Waals surface area contributed by atoms with Crippen LogP contribution in [0, 0.1) is 0 Å². The van der Waals surface area contributed by atoms with Gasteiger partial charge in [0.05, 0.1) is 12.1 Å². The lowest BCUT2D eigenvalue weighted by Crippen LogP contribution is -2.67. The van der Waals surface area contributed by atoms with Gasteiger partial charge in [-0.3, -0.25) is 0 Å². The van der Waals surface area contributed by atoms with Gasteiger partial charge in [-0.25, -0.2) is 0 Å². The first kappa shape index (κ1) is 18.9. The van der Waals surface area contributed by atoms with E-state index in [4.69, 9.17) is 37.1 Å². The zero-order chi connectivity index (χ0) is 17.3. The Bertz CT molecular complexity index is 391. The van der Waals surface area contributed by atoms with Crippen molar-refractivity contribution in [1.29, 1.82) is 0 Å². The van der Waals surface area contributed by atoms with Gasteiger partial charge in [-0.15, -0.1) is 0 Å². The van der Waals surface area contributed by atoms with Crippen molar-refractivity contribution in [3.05, 3.63) is 0 Å². The largest absolute Gasteiger partial charge is 0.389 e. The Balaban J connectivity index is 2.11. The molecule has 11 N–H and O–H groups in total. The third-order valence-electron chi connectivity index (χ3n) is 4.61. The Kier molecular flexibility index (Phi) is 6.30. The molecule has 0 aromatic rings. The fourth-order valence-corrected chi connectivity index (χ4v) is 3.18. The van der Waals surface area contributed by atoms with E-state index in [1.54, 1.807) is 0 Å². The number of aliphatic hydroxyl groups is 3. The molecule has 10 nitrogen and oxygen atoms in total. The van der Waals surface area contributed by atoms with Crippen LogP contribution in [0.5, 0.6) is 0 Å². The summed E-state index contributed by atoms with van der Waals surface area (Å²) in [6, 6.07) is -2.04. The van der Waals surface area contributed by atoms with Crippen LogP contribution in [0.3, 0.4) is 0 Å². The van der Waals surface area contributed by atoms with Gasteiger partial charge < -0.3 is 52.5 Å². The van der Waals surface area contributed by atoms with Crippen LogP contribution >= 0.6 is 0 Å². The van der Waals surface area contributed by atoms with Gasteiger partial charge in [0.15, 0.2) is 6.29 Å². The molecule has 10 unspecified atom stereocenters. The van der Waals surface area contributed by atoms with Gasteiger partial charge in [0.2, 0.25) is 0 Å². The van der Waals surface area contributed by atoms with E-state index in [0.717, 1.165) is 0 Å². The minimum atomic E-state index is -1.27. The molecule has 0 bridgehead atoms. The Labute approximate surface area is 134 Å². The summed E-state index contributed by atoms with van der Waals surface area (Å²) in [6.45, 7) is 0.0420. The second-order valence-electron chi connectivity index (χ2n) is 6.19. The van der Waals surface area contributed by atoms with Gasteiger partial charge in [0.25, 0.3) is 0 Å². The molecule has 1 saturated carbocycles. The highest BCUT2D eigenvalue weighted by Crippen LogP contribution is 2.27. The molecular weight excluding hydrogens is 308 g/mol. The van der Waals surface area contributed by atoms with E-state index in [1.807, 2.05) is 0 Å². The first-order valence-corrected chi connectivity index (χ1v) is 7.66. The van der Waals surface area contributed by atoms with Crippen LogP contribution in [-0.2, 0) is 14.2 Å². The molecule has 136 valence electrons. The number of hydrogen-bond donors (Lipinski definition) is 7. The molecule has 0 radical (unpaired) electrons. The normalized spacial score (nSPS) is 51.7. The van der Waals surface area contributed by atoms with E-state index in [2.05, 4.69) is 0 Å². The third kappa shape index (κ3) is 3.66. The molecule has 1 saturated heterocycles. The molecule has 2 fully saturated rings. The maximum Gasteiger partial charge on any atom is 0.176 e. The van der Waals surface area contributed by atoms with E-state index in [-0.39, 0.29) is 13.0 Å². The van der Waals surface area contributed by atoms with Gasteiger partial charge >= 0.3 is 0 Å². The number of methoxy groups -OCH3 is 1. The average Bonchev–Trinajstić information content (AvgIpc) is 2.52. The van der Waals surface area contributed by atoms with E-state index >= 15 is 0 Å². The summed E-state index contributed by atoms with van der Waals surface area (Å²) < 4.78 is 16.5. The third-order valence-corrected chi connectivity index (χ3v) is 4.61. The molecule has 2 rings (SSSR count). The zero-order valence-corrected chi connectivity index (χ0v) is 13.1. The van der Waals surface area contributed by atoms with E-state index < -0.39 is 61.0 Å². The van der Waals surface area contributed by atoms with Gasteiger partial charge in [0, 0.05) is 25.7 Å².